The number of rotatable bonds is 12. The predicted molar refractivity (Wildman–Crippen MR) is 203 cm³/mol. The van der Waals surface area contributed by atoms with Crippen LogP contribution in [0.1, 0.15) is 32.5 Å². The zero-order valence-corrected chi connectivity index (χ0v) is 28.8. The van der Waals surface area contributed by atoms with Crippen LogP contribution in [0, 0.1) is 6.92 Å². The van der Waals surface area contributed by atoms with Gasteiger partial charge in [-0.25, -0.2) is 0 Å². The lowest BCUT2D eigenvalue weighted by Gasteiger charge is -2.18. The van der Waals surface area contributed by atoms with Gasteiger partial charge in [0, 0.05) is 27.9 Å². The lowest BCUT2D eigenvalue weighted by molar-refractivity contribution is -0.116. The highest BCUT2D eigenvalue weighted by molar-refractivity contribution is 8.00. The number of methoxy groups -OCH3 is 1. The standard InChI is InChI=1S/C42H35N3O5S/c1-28-13-9-11-19-35(28)44-42(48)39(29-14-5-3-6-15-29)51-33-24-21-31(22-25-33)43-41(47)36(45-40(46)30-16-7-4-8-17-30)27-32-23-26-38(50-32)34-18-10-12-20-37(34)49-2/h3-27,39H,1-2H3,(H,43,47)(H,44,48)(H,45,46)/b36-27+/t39-/m1/s1. The molecule has 0 aliphatic rings. The fourth-order valence-corrected chi connectivity index (χ4v) is 6.30. The van der Waals surface area contributed by atoms with Gasteiger partial charge in [0.05, 0.1) is 12.7 Å². The SMILES string of the molecule is COc1ccccc1-c1ccc(/C=C(/NC(=O)c2ccccc2)C(=O)Nc2ccc(S[C@@H](C(=O)Nc3ccccc3C)c3ccccc3)cc2)o1. The van der Waals surface area contributed by atoms with Gasteiger partial charge in [-0.05, 0) is 84.8 Å². The minimum Gasteiger partial charge on any atom is -0.496 e. The third-order valence-corrected chi connectivity index (χ3v) is 9.19. The number of anilines is 2. The minimum atomic E-state index is -0.547. The molecule has 0 bridgehead atoms. The minimum absolute atomic E-state index is 0.0137. The molecule has 1 atom stereocenters. The Morgan fingerprint density at radius 2 is 1.39 bits per heavy atom. The molecule has 0 saturated heterocycles. The number of para-hydroxylation sites is 2. The zero-order chi connectivity index (χ0) is 35.6. The lowest BCUT2D eigenvalue weighted by Crippen LogP contribution is -2.30. The summed E-state index contributed by atoms with van der Waals surface area (Å²) in [6.07, 6.45) is 1.48. The Balaban J connectivity index is 1.21. The van der Waals surface area contributed by atoms with Gasteiger partial charge < -0.3 is 25.1 Å². The van der Waals surface area contributed by atoms with Gasteiger partial charge in [-0.1, -0.05) is 78.9 Å². The number of amides is 3. The van der Waals surface area contributed by atoms with E-state index in [2.05, 4.69) is 16.0 Å². The average Bonchev–Trinajstić information content (AvgIpc) is 3.64. The lowest BCUT2D eigenvalue weighted by atomic mass is 10.1. The first-order chi connectivity index (χ1) is 24.9. The van der Waals surface area contributed by atoms with E-state index in [4.69, 9.17) is 9.15 Å². The Morgan fingerprint density at radius 1 is 0.725 bits per heavy atom. The Bertz CT molecular complexity index is 2160. The van der Waals surface area contributed by atoms with Crippen LogP contribution in [0.5, 0.6) is 5.75 Å². The summed E-state index contributed by atoms with van der Waals surface area (Å²) in [7, 11) is 1.58. The third kappa shape index (κ3) is 8.83. The van der Waals surface area contributed by atoms with E-state index < -0.39 is 17.1 Å². The molecule has 6 rings (SSSR count). The second-order valence-corrected chi connectivity index (χ2v) is 12.7. The van der Waals surface area contributed by atoms with Gasteiger partial charge in [-0.3, -0.25) is 14.4 Å². The molecule has 0 saturated carbocycles. The maximum Gasteiger partial charge on any atom is 0.272 e. The summed E-state index contributed by atoms with van der Waals surface area (Å²) in [6, 6.07) is 44.0. The predicted octanol–water partition coefficient (Wildman–Crippen LogP) is 9.15. The highest BCUT2D eigenvalue weighted by atomic mass is 32.2. The maximum absolute atomic E-state index is 13.7. The molecule has 1 aromatic heterocycles. The quantitative estimate of drug-likeness (QED) is 0.0872. The van der Waals surface area contributed by atoms with Crippen LogP contribution in [0.15, 0.2) is 161 Å². The summed E-state index contributed by atoms with van der Waals surface area (Å²) in [5.74, 6) is 0.403. The number of ether oxygens (including phenoxy) is 1. The van der Waals surface area contributed by atoms with Crippen molar-refractivity contribution in [3.8, 4) is 17.1 Å². The van der Waals surface area contributed by atoms with Crippen LogP contribution >= 0.6 is 11.8 Å². The normalized spacial score (nSPS) is 11.7. The van der Waals surface area contributed by atoms with E-state index in [9.17, 15) is 14.4 Å². The fourth-order valence-electron chi connectivity index (χ4n) is 5.27. The molecule has 51 heavy (non-hydrogen) atoms. The monoisotopic (exact) mass is 693 g/mol. The van der Waals surface area contributed by atoms with E-state index in [0.717, 1.165) is 27.3 Å². The topological polar surface area (TPSA) is 110 Å². The molecule has 3 amide bonds. The largest absolute Gasteiger partial charge is 0.496 e. The van der Waals surface area contributed by atoms with E-state index in [1.54, 1.807) is 55.6 Å². The number of hydrogen-bond donors (Lipinski definition) is 3. The van der Waals surface area contributed by atoms with Gasteiger partial charge in [0.2, 0.25) is 5.91 Å². The van der Waals surface area contributed by atoms with Crippen LogP contribution in [-0.4, -0.2) is 24.8 Å². The zero-order valence-electron chi connectivity index (χ0n) is 28.0. The van der Waals surface area contributed by atoms with Gasteiger partial charge in [-0.2, -0.15) is 0 Å². The first-order valence-corrected chi connectivity index (χ1v) is 17.1. The van der Waals surface area contributed by atoms with E-state index in [1.165, 1.54) is 17.8 Å². The third-order valence-electron chi connectivity index (χ3n) is 7.92. The van der Waals surface area contributed by atoms with Gasteiger partial charge in [-0.15, -0.1) is 11.8 Å². The molecule has 0 fully saturated rings. The van der Waals surface area contributed by atoms with Crippen molar-refractivity contribution in [1.29, 1.82) is 0 Å². The van der Waals surface area contributed by atoms with Gasteiger partial charge >= 0.3 is 0 Å². The summed E-state index contributed by atoms with van der Waals surface area (Å²) < 4.78 is 11.5. The highest BCUT2D eigenvalue weighted by Gasteiger charge is 2.23. The number of carbonyl (C=O) groups excluding carboxylic acids is 3. The molecule has 5 aromatic carbocycles. The molecule has 0 aliphatic heterocycles. The van der Waals surface area contributed by atoms with E-state index in [0.29, 0.717) is 28.5 Å². The smallest absolute Gasteiger partial charge is 0.272 e. The highest BCUT2D eigenvalue weighted by Crippen LogP contribution is 2.37. The molecule has 3 N–H and O–H groups in total. The van der Waals surface area contributed by atoms with Crippen molar-refractivity contribution in [2.24, 2.45) is 0 Å². The number of thioether (sulfide) groups is 1. The van der Waals surface area contributed by atoms with E-state index in [-0.39, 0.29) is 11.6 Å². The Kier molecular flexibility index (Phi) is 11.1. The van der Waals surface area contributed by atoms with Crippen molar-refractivity contribution in [3.63, 3.8) is 0 Å². The second kappa shape index (κ2) is 16.4. The van der Waals surface area contributed by atoms with Crippen LogP contribution in [0.2, 0.25) is 0 Å². The summed E-state index contributed by atoms with van der Waals surface area (Å²) in [6.45, 7) is 1.95. The van der Waals surface area contributed by atoms with Crippen LogP contribution in [-0.2, 0) is 9.59 Å². The Labute approximate surface area is 300 Å². The number of carbonyl (C=O) groups is 3. The molecular formula is C42H35N3O5S. The Hall–Kier alpha value is -6.32. The average molecular weight is 694 g/mol. The van der Waals surface area contributed by atoms with Crippen LogP contribution < -0.4 is 20.7 Å². The summed E-state index contributed by atoms with van der Waals surface area (Å²) in [4.78, 5) is 41.2. The molecule has 254 valence electrons. The number of furan rings is 1. The van der Waals surface area contributed by atoms with Crippen molar-refractivity contribution in [2.75, 3.05) is 17.7 Å². The van der Waals surface area contributed by atoms with Crippen molar-refractivity contribution in [3.05, 3.63) is 174 Å². The van der Waals surface area contributed by atoms with Crippen LogP contribution in [0.3, 0.4) is 0 Å². The van der Waals surface area contributed by atoms with Gasteiger partial charge in [0.15, 0.2) is 0 Å². The molecule has 8 nitrogen and oxygen atoms in total. The first-order valence-electron chi connectivity index (χ1n) is 16.2. The molecule has 6 aromatic rings. The van der Waals surface area contributed by atoms with Crippen LogP contribution in [0.25, 0.3) is 17.4 Å². The van der Waals surface area contributed by atoms with Crippen LogP contribution in [0.4, 0.5) is 11.4 Å². The fraction of sp³-hybridized carbons (Fsp3) is 0.0714. The Morgan fingerprint density at radius 3 is 2.12 bits per heavy atom. The summed E-state index contributed by atoms with van der Waals surface area (Å²) in [5.41, 5.74) is 4.22. The van der Waals surface area contributed by atoms with Crippen molar-refractivity contribution < 1.29 is 23.5 Å². The molecular weight excluding hydrogens is 659 g/mol. The molecule has 9 heteroatoms. The number of aryl methyl sites for hydroxylation is 1. The van der Waals surface area contributed by atoms with Crippen molar-refractivity contribution >= 4 is 46.9 Å². The van der Waals surface area contributed by atoms with Gasteiger partial charge in [0.1, 0.15) is 28.2 Å². The maximum atomic E-state index is 13.7. The van der Waals surface area contributed by atoms with E-state index in [1.807, 2.05) is 104 Å². The molecule has 0 radical (unpaired) electrons. The van der Waals surface area contributed by atoms with Crippen molar-refractivity contribution in [1.82, 2.24) is 5.32 Å². The number of benzene rings is 5. The van der Waals surface area contributed by atoms with Gasteiger partial charge in [0.25, 0.3) is 11.8 Å². The number of nitrogens with one attached hydrogen (secondary N) is 3. The summed E-state index contributed by atoms with van der Waals surface area (Å²) >= 11 is 1.41. The first kappa shape index (κ1) is 34.5. The summed E-state index contributed by atoms with van der Waals surface area (Å²) in [5, 5.41) is 8.17. The number of hydrogen-bond acceptors (Lipinski definition) is 6. The molecule has 1 heterocycles. The van der Waals surface area contributed by atoms with E-state index >= 15 is 0 Å². The molecule has 0 spiro atoms. The molecule has 0 unspecified atom stereocenters. The van der Waals surface area contributed by atoms with Crippen molar-refractivity contribution in [2.45, 2.75) is 17.1 Å². The molecule has 0 aliphatic carbocycles. The second-order valence-electron chi connectivity index (χ2n) is 11.5.